The van der Waals surface area contributed by atoms with Crippen LogP contribution in [0, 0.1) is 6.92 Å². The van der Waals surface area contributed by atoms with Gasteiger partial charge in [0.1, 0.15) is 5.75 Å². The van der Waals surface area contributed by atoms with Crippen LogP contribution in [0.2, 0.25) is 0 Å². The molecule has 2 aromatic heterocycles. The number of rotatable bonds is 7. The largest absolute Gasteiger partial charge is 0.496 e. The number of aromatic amines is 1. The van der Waals surface area contributed by atoms with E-state index in [1.165, 1.54) is 13.2 Å². The molecule has 0 saturated carbocycles. The highest BCUT2D eigenvalue weighted by Crippen LogP contribution is 2.31. The highest BCUT2D eigenvalue weighted by Gasteiger charge is 2.29. The van der Waals surface area contributed by atoms with E-state index in [4.69, 9.17) is 4.74 Å². The second-order valence-corrected chi connectivity index (χ2v) is 7.53. The Morgan fingerprint density at radius 2 is 2.03 bits per heavy atom. The van der Waals surface area contributed by atoms with Crippen LogP contribution in [0.3, 0.4) is 0 Å². The van der Waals surface area contributed by atoms with Crippen LogP contribution in [0.5, 0.6) is 5.75 Å². The highest BCUT2D eigenvalue weighted by atomic mass is 19.4. The number of nitrogens with one attached hydrogen (secondary N) is 2. The average molecular weight is 458 g/mol. The van der Waals surface area contributed by atoms with E-state index in [0.29, 0.717) is 17.3 Å². The summed E-state index contributed by atoms with van der Waals surface area (Å²) in [6, 6.07) is 8.39. The maximum atomic E-state index is 12.5. The van der Waals surface area contributed by atoms with Crippen LogP contribution in [0.15, 0.2) is 36.5 Å². The molecular weight excluding hydrogens is 437 g/mol. The van der Waals surface area contributed by atoms with Crippen molar-refractivity contribution in [3.05, 3.63) is 47.7 Å². The Balaban J connectivity index is 1.59. The number of anilines is 2. The number of hydrogen-bond donors (Lipinski definition) is 2. The molecule has 2 N–H and O–H groups in total. The summed E-state index contributed by atoms with van der Waals surface area (Å²) in [5, 5.41) is 15.6. The minimum absolute atomic E-state index is 0.0869. The van der Waals surface area contributed by atoms with Gasteiger partial charge in [-0.3, -0.25) is 9.89 Å². The molecule has 0 aliphatic heterocycles. The summed E-state index contributed by atoms with van der Waals surface area (Å²) in [6.07, 6.45) is -4.47. The van der Waals surface area contributed by atoms with Gasteiger partial charge in [-0.05, 0) is 36.8 Å². The molecule has 4 rings (SSSR count). The number of alkyl halides is 3. The smallest absolute Gasteiger partial charge is 0.389 e. The van der Waals surface area contributed by atoms with Gasteiger partial charge >= 0.3 is 6.18 Å². The number of carbonyl (C=O) groups is 1. The number of ketones is 1. The first-order valence-electron chi connectivity index (χ1n) is 10.1. The van der Waals surface area contributed by atoms with Crippen LogP contribution >= 0.6 is 0 Å². The number of halogens is 3. The summed E-state index contributed by atoms with van der Waals surface area (Å²) in [7, 11) is 3.09. The van der Waals surface area contributed by atoms with Gasteiger partial charge in [0.15, 0.2) is 11.6 Å². The van der Waals surface area contributed by atoms with Crippen molar-refractivity contribution in [2.24, 2.45) is 7.05 Å². The summed E-state index contributed by atoms with van der Waals surface area (Å²) in [6.45, 7) is 1.97. The van der Waals surface area contributed by atoms with Crippen molar-refractivity contribution in [1.82, 2.24) is 25.0 Å². The third-order valence-electron chi connectivity index (χ3n) is 5.30. The van der Waals surface area contributed by atoms with Crippen LogP contribution < -0.4 is 10.1 Å². The Labute approximate surface area is 186 Å². The van der Waals surface area contributed by atoms with Gasteiger partial charge in [0, 0.05) is 30.1 Å². The molecule has 0 fully saturated rings. The molecule has 4 aromatic rings. The molecule has 0 aliphatic carbocycles. The van der Waals surface area contributed by atoms with Crippen LogP contribution in [0.4, 0.5) is 24.8 Å². The fourth-order valence-electron chi connectivity index (χ4n) is 3.48. The van der Waals surface area contributed by atoms with Gasteiger partial charge < -0.3 is 10.1 Å². The Bertz CT molecular complexity index is 1330. The first-order chi connectivity index (χ1) is 15.7. The maximum Gasteiger partial charge on any atom is 0.389 e. The minimum atomic E-state index is -4.40. The van der Waals surface area contributed by atoms with Crippen molar-refractivity contribution in [2.45, 2.75) is 25.9 Å². The third kappa shape index (κ3) is 4.66. The lowest BCUT2D eigenvalue weighted by molar-refractivity contribution is -0.133. The molecule has 2 aromatic carbocycles. The summed E-state index contributed by atoms with van der Waals surface area (Å²) in [4.78, 5) is 16.8. The number of carbonyl (C=O) groups excluding carboxylic acids is 1. The number of nitrogens with zero attached hydrogens (tertiary/aromatic N) is 4. The van der Waals surface area contributed by atoms with Gasteiger partial charge in [-0.25, -0.2) is 4.68 Å². The molecular formula is C22H21F3N6O2. The first kappa shape index (κ1) is 22.3. The van der Waals surface area contributed by atoms with Crippen molar-refractivity contribution in [3.8, 4) is 17.1 Å². The lowest BCUT2D eigenvalue weighted by Crippen LogP contribution is -2.11. The van der Waals surface area contributed by atoms with Crippen LogP contribution in [-0.4, -0.2) is 44.0 Å². The number of ether oxygens (including phenoxy) is 1. The van der Waals surface area contributed by atoms with E-state index >= 15 is 0 Å². The lowest BCUT2D eigenvalue weighted by Gasteiger charge is -2.10. The fourth-order valence-corrected chi connectivity index (χ4v) is 3.48. The highest BCUT2D eigenvalue weighted by molar-refractivity contribution is 5.99. The van der Waals surface area contributed by atoms with Gasteiger partial charge in [0.25, 0.3) is 0 Å². The van der Waals surface area contributed by atoms with Crippen molar-refractivity contribution >= 4 is 28.3 Å². The maximum absolute atomic E-state index is 12.5. The number of methoxy groups -OCH3 is 1. The number of hydrogen-bond acceptors (Lipinski definition) is 6. The molecule has 8 nitrogen and oxygen atoms in total. The second-order valence-electron chi connectivity index (χ2n) is 7.53. The quantitative estimate of drug-likeness (QED) is 0.381. The van der Waals surface area contributed by atoms with E-state index in [-0.39, 0.29) is 11.3 Å². The number of aryl methyl sites for hydroxylation is 2. The third-order valence-corrected chi connectivity index (χ3v) is 5.30. The molecule has 0 unspecified atom stereocenters. The number of Topliss-reactive ketones (excluding diaryl/α,β-unsaturated/α-hetero) is 1. The van der Waals surface area contributed by atoms with E-state index < -0.39 is 24.8 Å². The second kappa shape index (κ2) is 8.57. The molecule has 0 saturated heterocycles. The van der Waals surface area contributed by atoms with E-state index in [2.05, 4.69) is 25.6 Å². The van der Waals surface area contributed by atoms with Crippen LogP contribution in [0.25, 0.3) is 22.3 Å². The molecule has 2 heterocycles. The zero-order chi connectivity index (χ0) is 23.8. The summed E-state index contributed by atoms with van der Waals surface area (Å²) < 4.78 is 44.2. The Morgan fingerprint density at radius 1 is 1.24 bits per heavy atom. The molecule has 11 heteroatoms. The average Bonchev–Trinajstić information content (AvgIpc) is 3.40. The zero-order valence-corrected chi connectivity index (χ0v) is 18.1. The van der Waals surface area contributed by atoms with Gasteiger partial charge in [-0.2, -0.15) is 23.3 Å². The molecule has 0 radical (unpaired) electrons. The number of fused-ring (bicyclic) bond motifs is 1. The van der Waals surface area contributed by atoms with E-state index in [1.54, 1.807) is 30.1 Å². The number of aromatic nitrogens is 5. The molecule has 0 aliphatic rings. The van der Waals surface area contributed by atoms with Gasteiger partial charge in [-0.1, -0.05) is 6.07 Å². The Hall–Kier alpha value is -3.89. The van der Waals surface area contributed by atoms with Crippen molar-refractivity contribution in [1.29, 1.82) is 0 Å². The molecule has 0 amide bonds. The molecule has 0 atom stereocenters. The van der Waals surface area contributed by atoms with Crippen molar-refractivity contribution in [2.75, 3.05) is 12.4 Å². The van der Waals surface area contributed by atoms with Gasteiger partial charge in [-0.15, -0.1) is 5.10 Å². The predicted molar refractivity (Wildman–Crippen MR) is 117 cm³/mol. The summed E-state index contributed by atoms with van der Waals surface area (Å²) in [5.74, 6) is 0.384. The lowest BCUT2D eigenvalue weighted by atomic mass is 10.0. The first-order valence-corrected chi connectivity index (χ1v) is 10.1. The number of H-pyrrole nitrogens is 1. The normalized spacial score (nSPS) is 11.7. The number of benzene rings is 2. The molecule has 33 heavy (non-hydrogen) atoms. The van der Waals surface area contributed by atoms with Crippen LogP contribution in [0.1, 0.15) is 28.8 Å². The Kier molecular flexibility index (Phi) is 5.79. The van der Waals surface area contributed by atoms with E-state index in [0.717, 1.165) is 22.2 Å². The van der Waals surface area contributed by atoms with E-state index in [1.807, 2.05) is 19.1 Å². The summed E-state index contributed by atoms with van der Waals surface area (Å²) >= 11 is 0. The molecule has 172 valence electrons. The SMILES string of the molecule is COc1cc(-c2nc(Nc3ccc4[nH]ncc4c3C)n(C)n2)ccc1C(=O)CCC(F)(F)F. The fraction of sp³-hybridized carbons (Fsp3) is 0.273. The Morgan fingerprint density at radius 3 is 2.76 bits per heavy atom. The summed E-state index contributed by atoms with van der Waals surface area (Å²) in [5.41, 5.74) is 3.41. The molecule has 0 spiro atoms. The van der Waals surface area contributed by atoms with Crippen LogP contribution in [-0.2, 0) is 7.05 Å². The standard InChI is InChI=1S/C22H21F3N6O2/c1-12-15-11-26-29-17(15)7-6-16(12)27-21-28-20(30-31(21)2)13-4-5-14(19(10-13)33-3)18(32)8-9-22(23,24)25/h4-7,10-11H,8-9H2,1-3H3,(H,26,29)(H,27,28,30). The van der Waals surface area contributed by atoms with Gasteiger partial charge in [0.2, 0.25) is 5.95 Å². The van der Waals surface area contributed by atoms with Gasteiger partial charge in [0.05, 0.1) is 30.8 Å². The van der Waals surface area contributed by atoms with Crippen molar-refractivity contribution in [3.63, 3.8) is 0 Å². The zero-order valence-electron chi connectivity index (χ0n) is 18.1. The molecule has 0 bridgehead atoms. The minimum Gasteiger partial charge on any atom is -0.496 e. The predicted octanol–water partition coefficient (Wildman–Crippen LogP) is 4.94. The topological polar surface area (TPSA) is 97.7 Å². The van der Waals surface area contributed by atoms with E-state index in [9.17, 15) is 18.0 Å². The monoisotopic (exact) mass is 458 g/mol. The van der Waals surface area contributed by atoms with Crippen molar-refractivity contribution < 1.29 is 22.7 Å².